The number of hydrogen-bond donors (Lipinski definition) is 0. The Labute approximate surface area is 92.8 Å². The van der Waals surface area contributed by atoms with Crippen molar-refractivity contribution >= 4 is 11.7 Å². The Balaban J connectivity index is 4.29. The minimum Gasteiger partial charge on any atom is -0.336 e. The molecule has 0 spiro atoms. The molecule has 0 aliphatic rings. The second kappa shape index (κ2) is 5.89. The third-order valence-corrected chi connectivity index (χ3v) is 2.40. The van der Waals surface area contributed by atoms with Crippen LogP contribution in [0.4, 0.5) is 0 Å². The van der Waals surface area contributed by atoms with Gasteiger partial charge in [-0.3, -0.25) is 9.59 Å². The predicted molar refractivity (Wildman–Crippen MR) is 61.6 cm³/mol. The molecule has 0 aromatic carbocycles. The Morgan fingerprint density at radius 3 is 2.07 bits per heavy atom. The van der Waals surface area contributed by atoms with Gasteiger partial charge < -0.3 is 4.90 Å². The zero-order chi connectivity index (χ0) is 12.1. The smallest absolute Gasteiger partial charge is 0.219 e. The summed E-state index contributed by atoms with van der Waals surface area (Å²) in [5.41, 5.74) is -0.361. The van der Waals surface area contributed by atoms with Crippen molar-refractivity contribution in [1.82, 2.24) is 4.90 Å². The molecule has 0 saturated heterocycles. The summed E-state index contributed by atoms with van der Waals surface area (Å²) in [7, 11) is 0. The van der Waals surface area contributed by atoms with Crippen molar-refractivity contribution in [3.8, 4) is 0 Å². The van der Waals surface area contributed by atoms with E-state index < -0.39 is 0 Å². The number of hydrogen-bond acceptors (Lipinski definition) is 2. The molecule has 0 rings (SSSR count). The monoisotopic (exact) mass is 213 g/mol. The highest BCUT2D eigenvalue weighted by atomic mass is 16.2. The maximum atomic E-state index is 11.7. The zero-order valence-corrected chi connectivity index (χ0v) is 10.6. The van der Waals surface area contributed by atoms with E-state index in [0.29, 0.717) is 6.54 Å². The molecule has 0 unspecified atom stereocenters. The second-order valence-corrected chi connectivity index (χ2v) is 4.97. The molecule has 0 bridgehead atoms. The van der Waals surface area contributed by atoms with Gasteiger partial charge in [-0.25, -0.2) is 0 Å². The van der Waals surface area contributed by atoms with E-state index in [2.05, 4.69) is 6.92 Å². The van der Waals surface area contributed by atoms with Crippen LogP contribution in [0.2, 0.25) is 0 Å². The molecule has 0 fully saturated rings. The summed E-state index contributed by atoms with van der Waals surface area (Å²) < 4.78 is 0. The second-order valence-electron chi connectivity index (χ2n) is 4.97. The SMILES string of the molecule is CCCCN(CC(=O)C(C)(C)C)C(C)=O. The van der Waals surface area contributed by atoms with Gasteiger partial charge in [0.1, 0.15) is 0 Å². The number of Topliss-reactive ketones (excluding diaryl/α,β-unsaturated/α-hetero) is 1. The van der Waals surface area contributed by atoms with Gasteiger partial charge in [0.05, 0.1) is 6.54 Å². The van der Waals surface area contributed by atoms with Gasteiger partial charge >= 0.3 is 0 Å². The highest BCUT2D eigenvalue weighted by Crippen LogP contribution is 2.15. The van der Waals surface area contributed by atoms with Crippen LogP contribution in [0.5, 0.6) is 0 Å². The number of nitrogens with zero attached hydrogens (tertiary/aromatic N) is 1. The van der Waals surface area contributed by atoms with E-state index in [9.17, 15) is 9.59 Å². The Morgan fingerprint density at radius 2 is 1.73 bits per heavy atom. The van der Waals surface area contributed by atoms with E-state index in [-0.39, 0.29) is 23.7 Å². The molecule has 88 valence electrons. The number of ketones is 1. The van der Waals surface area contributed by atoms with Crippen molar-refractivity contribution in [3.63, 3.8) is 0 Å². The number of amides is 1. The molecule has 0 aliphatic carbocycles. The summed E-state index contributed by atoms with van der Waals surface area (Å²) >= 11 is 0. The quantitative estimate of drug-likeness (QED) is 0.702. The van der Waals surface area contributed by atoms with Crippen LogP contribution in [0.3, 0.4) is 0 Å². The average Bonchev–Trinajstić information content (AvgIpc) is 2.09. The van der Waals surface area contributed by atoms with Gasteiger partial charge in [-0.1, -0.05) is 34.1 Å². The molecular formula is C12H23NO2. The van der Waals surface area contributed by atoms with Gasteiger partial charge in [-0.2, -0.15) is 0 Å². The Hall–Kier alpha value is -0.860. The van der Waals surface area contributed by atoms with Gasteiger partial charge in [0.2, 0.25) is 5.91 Å². The highest BCUT2D eigenvalue weighted by Gasteiger charge is 2.24. The topological polar surface area (TPSA) is 37.4 Å². The third-order valence-electron chi connectivity index (χ3n) is 2.40. The van der Waals surface area contributed by atoms with E-state index in [4.69, 9.17) is 0 Å². The first kappa shape index (κ1) is 14.1. The van der Waals surface area contributed by atoms with Crippen LogP contribution in [0.25, 0.3) is 0 Å². The lowest BCUT2D eigenvalue weighted by molar-refractivity contribution is -0.136. The van der Waals surface area contributed by atoms with Crippen molar-refractivity contribution in [2.24, 2.45) is 5.41 Å². The van der Waals surface area contributed by atoms with Gasteiger partial charge in [-0.05, 0) is 6.42 Å². The highest BCUT2D eigenvalue weighted by molar-refractivity contribution is 5.88. The molecular weight excluding hydrogens is 190 g/mol. The molecule has 0 heterocycles. The fourth-order valence-electron chi connectivity index (χ4n) is 1.11. The van der Waals surface area contributed by atoms with Crippen molar-refractivity contribution in [2.45, 2.75) is 47.5 Å². The Kier molecular flexibility index (Phi) is 5.55. The molecule has 3 nitrogen and oxygen atoms in total. The summed E-state index contributed by atoms with van der Waals surface area (Å²) in [5.74, 6) is 0.106. The molecule has 0 aromatic rings. The predicted octanol–water partition coefficient (Wildman–Crippen LogP) is 2.25. The first-order chi connectivity index (χ1) is 6.79. The lowest BCUT2D eigenvalue weighted by Gasteiger charge is -2.24. The minimum atomic E-state index is -0.361. The van der Waals surface area contributed by atoms with Gasteiger partial charge in [0.25, 0.3) is 0 Å². The van der Waals surface area contributed by atoms with Crippen molar-refractivity contribution in [3.05, 3.63) is 0 Å². The van der Waals surface area contributed by atoms with Crippen LogP contribution in [0.1, 0.15) is 47.5 Å². The molecule has 0 aliphatic heterocycles. The molecule has 0 N–H and O–H groups in total. The molecule has 3 heteroatoms. The van der Waals surface area contributed by atoms with Crippen molar-refractivity contribution < 1.29 is 9.59 Å². The van der Waals surface area contributed by atoms with E-state index in [1.54, 1.807) is 4.90 Å². The van der Waals surface area contributed by atoms with Crippen LogP contribution in [0.15, 0.2) is 0 Å². The standard InChI is InChI=1S/C12H23NO2/c1-6-7-8-13(10(2)14)9-11(15)12(3,4)5/h6-9H2,1-5H3. The molecule has 0 aromatic heterocycles. The maximum Gasteiger partial charge on any atom is 0.219 e. The molecule has 15 heavy (non-hydrogen) atoms. The molecule has 0 saturated carbocycles. The maximum absolute atomic E-state index is 11.7. The summed E-state index contributed by atoms with van der Waals surface area (Å²) in [6.07, 6.45) is 1.99. The van der Waals surface area contributed by atoms with E-state index in [1.165, 1.54) is 6.92 Å². The van der Waals surface area contributed by atoms with Crippen molar-refractivity contribution in [1.29, 1.82) is 0 Å². The summed E-state index contributed by atoms with van der Waals surface area (Å²) in [6, 6.07) is 0. The fraction of sp³-hybridized carbons (Fsp3) is 0.833. The number of rotatable bonds is 5. The van der Waals surface area contributed by atoms with E-state index in [1.807, 2.05) is 20.8 Å². The van der Waals surface area contributed by atoms with Crippen LogP contribution in [-0.4, -0.2) is 29.7 Å². The molecule has 0 atom stereocenters. The minimum absolute atomic E-state index is 0.0129. The van der Waals surface area contributed by atoms with Gasteiger partial charge in [0, 0.05) is 18.9 Å². The normalized spacial score (nSPS) is 11.3. The third kappa shape index (κ3) is 5.55. The lowest BCUT2D eigenvalue weighted by Crippen LogP contribution is -2.39. The van der Waals surface area contributed by atoms with Gasteiger partial charge in [-0.15, -0.1) is 0 Å². The zero-order valence-electron chi connectivity index (χ0n) is 10.6. The lowest BCUT2D eigenvalue weighted by atomic mass is 9.90. The fourth-order valence-corrected chi connectivity index (χ4v) is 1.11. The number of carbonyl (C=O) groups excluding carboxylic acids is 2. The molecule has 0 radical (unpaired) electrons. The first-order valence-electron chi connectivity index (χ1n) is 5.57. The van der Waals surface area contributed by atoms with Crippen LogP contribution < -0.4 is 0 Å². The first-order valence-corrected chi connectivity index (χ1v) is 5.57. The average molecular weight is 213 g/mol. The van der Waals surface area contributed by atoms with Crippen LogP contribution >= 0.6 is 0 Å². The van der Waals surface area contributed by atoms with Crippen LogP contribution in [-0.2, 0) is 9.59 Å². The van der Waals surface area contributed by atoms with Crippen molar-refractivity contribution in [2.75, 3.05) is 13.1 Å². The van der Waals surface area contributed by atoms with Crippen LogP contribution in [0, 0.1) is 5.41 Å². The summed E-state index contributed by atoms with van der Waals surface area (Å²) in [6.45, 7) is 10.2. The Bertz CT molecular complexity index is 228. The Morgan fingerprint density at radius 1 is 1.20 bits per heavy atom. The summed E-state index contributed by atoms with van der Waals surface area (Å²) in [4.78, 5) is 24.7. The number of unbranched alkanes of at least 4 members (excludes halogenated alkanes) is 1. The molecule has 1 amide bonds. The summed E-state index contributed by atoms with van der Waals surface area (Å²) in [5, 5.41) is 0. The van der Waals surface area contributed by atoms with Gasteiger partial charge in [0.15, 0.2) is 5.78 Å². The van der Waals surface area contributed by atoms with E-state index in [0.717, 1.165) is 12.8 Å². The van der Waals surface area contributed by atoms with E-state index >= 15 is 0 Å². The number of carbonyl (C=O) groups is 2. The largest absolute Gasteiger partial charge is 0.336 e.